The molecule has 0 saturated carbocycles. The first kappa shape index (κ1) is 17.9. The molecule has 0 aromatic carbocycles. The zero-order chi connectivity index (χ0) is 19.5. The van der Waals surface area contributed by atoms with Gasteiger partial charge in [0.1, 0.15) is 0 Å². The van der Waals surface area contributed by atoms with E-state index in [0.29, 0.717) is 18.2 Å². The Morgan fingerprint density at radius 1 is 1.29 bits per heavy atom. The van der Waals surface area contributed by atoms with Crippen LogP contribution in [0.25, 0.3) is 11.3 Å². The van der Waals surface area contributed by atoms with Crippen LogP contribution >= 0.6 is 0 Å². The highest BCUT2D eigenvalue weighted by molar-refractivity contribution is 6.03. The van der Waals surface area contributed by atoms with Crippen molar-refractivity contribution in [1.29, 1.82) is 0 Å². The van der Waals surface area contributed by atoms with Crippen LogP contribution in [-0.4, -0.2) is 51.0 Å². The summed E-state index contributed by atoms with van der Waals surface area (Å²) in [5.41, 5.74) is 3.66. The number of aryl methyl sites for hydroxylation is 1. The molecule has 2 N–H and O–H groups in total. The zero-order valence-corrected chi connectivity index (χ0v) is 15.9. The summed E-state index contributed by atoms with van der Waals surface area (Å²) in [5, 5.41) is 12.9. The first-order valence-electron chi connectivity index (χ1n) is 9.29. The molecule has 3 aromatic rings. The third-order valence-electron chi connectivity index (χ3n) is 4.63. The maximum Gasteiger partial charge on any atom is 0.328 e. The Morgan fingerprint density at radius 3 is 2.93 bits per heavy atom. The van der Waals surface area contributed by atoms with E-state index in [2.05, 4.69) is 37.5 Å². The first-order chi connectivity index (χ1) is 13.7. The summed E-state index contributed by atoms with van der Waals surface area (Å²) in [6.45, 7) is 6.31. The fraction of sp³-hybridized carbons (Fsp3) is 0.316. The molecule has 3 aromatic heterocycles. The van der Waals surface area contributed by atoms with Gasteiger partial charge in [-0.2, -0.15) is 10.3 Å². The van der Waals surface area contributed by atoms with Crippen LogP contribution in [0, 0.1) is 6.92 Å². The topological polar surface area (TPSA) is 103 Å². The van der Waals surface area contributed by atoms with Gasteiger partial charge in [0.2, 0.25) is 0 Å². The van der Waals surface area contributed by atoms with Crippen molar-refractivity contribution in [3.8, 4) is 11.3 Å². The van der Waals surface area contributed by atoms with Crippen LogP contribution in [0.4, 0.5) is 22.1 Å². The van der Waals surface area contributed by atoms with Gasteiger partial charge < -0.3 is 4.90 Å². The van der Waals surface area contributed by atoms with Gasteiger partial charge in [0.25, 0.3) is 0 Å². The normalized spacial score (nSPS) is 13.4. The number of aromatic nitrogens is 5. The quantitative estimate of drug-likeness (QED) is 0.724. The van der Waals surface area contributed by atoms with E-state index in [0.717, 1.165) is 42.1 Å². The molecule has 0 radical (unpaired) electrons. The number of amides is 2. The van der Waals surface area contributed by atoms with Gasteiger partial charge in [-0.05, 0) is 37.6 Å². The molecule has 144 valence electrons. The lowest BCUT2D eigenvalue weighted by atomic mass is 10.1. The van der Waals surface area contributed by atoms with Crippen molar-refractivity contribution in [3.05, 3.63) is 42.4 Å². The van der Waals surface area contributed by atoms with Gasteiger partial charge in [-0.1, -0.05) is 6.92 Å². The van der Waals surface area contributed by atoms with Gasteiger partial charge in [-0.25, -0.2) is 9.78 Å². The Bertz CT molecular complexity index is 972. The Morgan fingerprint density at radius 2 is 2.18 bits per heavy atom. The molecule has 1 aliphatic heterocycles. The fourth-order valence-corrected chi connectivity index (χ4v) is 3.34. The number of anilines is 3. The number of carbonyl (C=O) groups is 1. The van der Waals surface area contributed by atoms with E-state index in [4.69, 9.17) is 4.98 Å². The molecule has 0 bridgehead atoms. The number of hydrogen-bond donors (Lipinski definition) is 2. The number of pyridine rings is 2. The fourth-order valence-electron chi connectivity index (χ4n) is 3.34. The number of fused-ring (bicyclic) bond motifs is 1. The number of aromatic amines is 1. The Hall–Kier alpha value is -3.49. The SMILES string of the molecule is CCCN1CCN(C(=O)Nc2cn[nH]n2)c2nc(-c3ccnc(C)c3)ccc21. The number of carbonyl (C=O) groups excluding carboxylic acids is 1. The minimum absolute atomic E-state index is 0.276. The van der Waals surface area contributed by atoms with Gasteiger partial charge >= 0.3 is 6.03 Å². The average Bonchev–Trinajstić information content (AvgIpc) is 3.21. The second kappa shape index (κ2) is 7.63. The van der Waals surface area contributed by atoms with Crippen LogP contribution < -0.4 is 15.1 Å². The number of rotatable bonds is 4. The van der Waals surface area contributed by atoms with E-state index < -0.39 is 0 Å². The number of nitrogens with zero attached hydrogens (tertiary/aromatic N) is 6. The van der Waals surface area contributed by atoms with Crippen LogP contribution in [0.3, 0.4) is 0 Å². The van der Waals surface area contributed by atoms with Crippen molar-refractivity contribution in [3.63, 3.8) is 0 Å². The lowest BCUT2D eigenvalue weighted by Crippen LogP contribution is -2.46. The second-order valence-electron chi connectivity index (χ2n) is 6.65. The lowest BCUT2D eigenvalue weighted by molar-refractivity contribution is 0.256. The molecule has 0 unspecified atom stereocenters. The Balaban J connectivity index is 1.71. The van der Waals surface area contributed by atoms with Gasteiger partial charge in [0.05, 0.1) is 17.6 Å². The number of nitrogens with one attached hydrogen (secondary N) is 2. The van der Waals surface area contributed by atoms with Crippen molar-refractivity contribution in [2.45, 2.75) is 20.3 Å². The van der Waals surface area contributed by atoms with Crippen molar-refractivity contribution in [2.75, 3.05) is 34.8 Å². The smallest absolute Gasteiger partial charge is 0.328 e. The predicted molar refractivity (Wildman–Crippen MR) is 107 cm³/mol. The molecule has 0 spiro atoms. The van der Waals surface area contributed by atoms with Crippen molar-refractivity contribution < 1.29 is 4.79 Å². The van der Waals surface area contributed by atoms with E-state index in [1.165, 1.54) is 6.20 Å². The lowest BCUT2D eigenvalue weighted by Gasteiger charge is -2.36. The van der Waals surface area contributed by atoms with Gasteiger partial charge in [0.15, 0.2) is 11.6 Å². The Kier molecular flexibility index (Phi) is 4.88. The molecular formula is C19H22N8O. The average molecular weight is 378 g/mol. The van der Waals surface area contributed by atoms with E-state index >= 15 is 0 Å². The molecule has 0 aliphatic carbocycles. The minimum atomic E-state index is -0.276. The molecule has 0 saturated heterocycles. The summed E-state index contributed by atoms with van der Waals surface area (Å²) in [6, 6.07) is 7.67. The number of H-pyrrole nitrogens is 1. The molecule has 9 nitrogen and oxygen atoms in total. The Labute approximate surface area is 162 Å². The van der Waals surface area contributed by atoms with Crippen molar-refractivity contribution in [2.24, 2.45) is 0 Å². The third-order valence-corrected chi connectivity index (χ3v) is 4.63. The van der Waals surface area contributed by atoms with E-state index in [1.54, 1.807) is 11.1 Å². The molecule has 2 amide bonds. The van der Waals surface area contributed by atoms with Crippen LogP contribution in [-0.2, 0) is 0 Å². The molecule has 4 heterocycles. The predicted octanol–water partition coefficient (Wildman–Crippen LogP) is 2.84. The summed E-state index contributed by atoms with van der Waals surface area (Å²) in [4.78, 5) is 25.9. The van der Waals surface area contributed by atoms with Gasteiger partial charge in [-0.3, -0.25) is 15.2 Å². The summed E-state index contributed by atoms with van der Waals surface area (Å²) in [6.07, 6.45) is 4.26. The monoisotopic (exact) mass is 378 g/mol. The van der Waals surface area contributed by atoms with Gasteiger partial charge in [0, 0.05) is 37.1 Å². The summed E-state index contributed by atoms with van der Waals surface area (Å²) >= 11 is 0. The van der Waals surface area contributed by atoms with Gasteiger partial charge in [-0.15, -0.1) is 5.10 Å². The van der Waals surface area contributed by atoms with Crippen molar-refractivity contribution in [1.82, 2.24) is 25.4 Å². The summed E-state index contributed by atoms with van der Waals surface area (Å²) in [7, 11) is 0. The molecular weight excluding hydrogens is 356 g/mol. The van der Waals surface area contributed by atoms with E-state index in [-0.39, 0.29) is 6.03 Å². The standard InChI is InChI=1S/C19H22N8O/c1-3-8-26-9-10-27(19(28)23-17-12-21-25-24-17)18-16(26)5-4-15(22-18)14-6-7-20-13(2)11-14/h4-7,11-12H,3,8-10H2,1-2H3,(H2,21,23,24,25,28). The zero-order valence-electron chi connectivity index (χ0n) is 15.9. The molecule has 0 atom stereocenters. The third kappa shape index (κ3) is 3.51. The summed E-state index contributed by atoms with van der Waals surface area (Å²) in [5.74, 6) is 1.02. The maximum absolute atomic E-state index is 12.9. The van der Waals surface area contributed by atoms with Crippen LogP contribution in [0.5, 0.6) is 0 Å². The number of hydrogen-bond acceptors (Lipinski definition) is 6. The van der Waals surface area contributed by atoms with Crippen LogP contribution in [0.2, 0.25) is 0 Å². The molecule has 4 rings (SSSR count). The highest BCUT2D eigenvalue weighted by Crippen LogP contribution is 2.34. The van der Waals surface area contributed by atoms with E-state index in [9.17, 15) is 4.79 Å². The van der Waals surface area contributed by atoms with Crippen LogP contribution in [0.15, 0.2) is 36.7 Å². The molecule has 1 aliphatic rings. The molecule has 9 heteroatoms. The summed E-state index contributed by atoms with van der Waals surface area (Å²) < 4.78 is 0. The second-order valence-corrected chi connectivity index (χ2v) is 6.65. The largest absolute Gasteiger partial charge is 0.367 e. The number of urea groups is 1. The minimum Gasteiger partial charge on any atom is -0.367 e. The maximum atomic E-state index is 12.9. The molecule has 28 heavy (non-hydrogen) atoms. The van der Waals surface area contributed by atoms with Crippen LogP contribution in [0.1, 0.15) is 19.0 Å². The van der Waals surface area contributed by atoms with Crippen molar-refractivity contribution >= 4 is 23.4 Å². The first-order valence-corrected chi connectivity index (χ1v) is 9.29. The molecule has 0 fully saturated rings. The van der Waals surface area contributed by atoms with E-state index in [1.807, 2.05) is 31.2 Å². The highest BCUT2D eigenvalue weighted by atomic mass is 16.2. The highest BCUT2D eigenvalue weighted by Gasteiger charge is 2.29.